The van der Waals surface area contributed by atoms with E-state index < -0.39 is 17.9 Å². The van der Waals surface area contributed by atoms with Crippen LogP contribution in [0.3, 0.4) is 0 Å². The molecule has 0 aliphatic carbocycles. The number of esters is 1. The molecule has 0 fully saturated rings. The van der Waals surface area contributed by atoms with Gasteiger partial charge in [0.25, 0.3) is 0 Å². The highest BCUT2D eigenvalue weighted by Gasteiger charge is 2.43. The van der Waals surface area contributed by atoms with Gasteiger partial charge in [0.1, 0.15) is 0 Å². The second-order valence-corrected chi connectivity index (χ2v) is 3.47. The van der Waals surface area contributed by atoms with E-state index in [0.29, 0.717) is 26.4 Å². The Kier molecular flexibility index (Phi) is 8.12. The van der Waals surface area contributed by atoms with Gasteiger partial charge in [-0.1, -0.05) is 0 Å². The summed E-state index contributed by atoms with van der Waals surface area (Å²) < 4.78 is 21.4. The molecule has 0 aromatic heterocycles. The lowest BCUT2D eigenvalue weighted by atomic mass is 10.1. The van der Waals surface area contributed by atoms with Crippen LogP contribution in [-0.2, 0) is 23.7 Å². The van der Waals surface area contributed by atoms with Gasteiger partial charge in [-0.05, 0) is 34.6 Å². The number of carbonyl (C=O) groups excluding carboxylic acids is 1. The predicted molar refractivity (Wildman–Crippen MR) is 63.7 cm³/mol. The lowest BCUT2D eigenvalue weighted by Gasteiger charge is -2.34. The molecule has 0 bridgehead atoms. The molecule has 0 radical (unpaired) electrons. The Balaban J connectivity index is 4.86. The molecule has 0 heterocycles. The molecule has 1 atom stereocenters. The van der Waals surface area contributed by atoms with E-state index in [9.17, 15) is 4.79 Å². The van der Waals surface area contributed by atoms with Crippen molar-refractivity contribution in [2.75, 3.05) is 26.4 Å². The van der Waals surface area contributed by atoms with Crippen LogP contribution in [0.2, 0.25) is 0 Å². The maximum atomic E-state index is 11.8. The van der Waals surface area contributed by atoms with Gasteiger partial charge in [-0.2, -0.15) is 0 Å². The molecule has 0 aliphatic heterocycles. The summed E-state index contributed by atoms with van der Waals surface area (Å²) in [5, 5.41) is 0. The Morgan fingerprint density at radius 1 is 1.00 bits per heavy atom. The van der Waals surface area contributed by atoms with Crippen molar-refractivity contribution < 1.29 is 23.7 Å². The predicted octanol–water partition coefficient (Wildman–Crippen LogP) is 1.74. The van der Waals surface area contributed by atoms with Crippen molar-refractivity contribution in [2.45, 2.75) is 46.5 Å². The van der Waals surface area contributed by atoms with Crippen molar-refractivity contribution >= 4 is 5.97 Å². The van der Waals surface area contributed by atoms with E-state index in [2.05, 4.69) is 0 Å². The van der Waals surface area contributed by atoms with Crippen LogP contribution in [0.15, 0.2) is 0 Å². The SMILES string of the molecule is CCOC(=O)C(OCC)C(C)(OCC)OCC. The van der Waals surface area contributed by atoms with Gasteiger partial charge in [0.05, 0.1) is 6.61 Å². The highest BCUT2D eigenvalue weighted by Crippen LogP contribution is 2.22. The monoisotopic (exact) mass is 248 g/mol. The quantitative estimate of drug-likeness (QED) is 0.459. The van der Waals surface area contributed by atoms with Crippen LogP contribution in [-0.4, -0.2) is 44.3 Å². The minimum Gasteiger partial charge on any atom is -0.464 e. The minimum absolute atomic E-state index is 0.302. The van der Waals surface area contributed by atoms with Gasteiger partial charge < -0.3 is 18.9 Å². The highest BCUT2D eigenvalue weighted by molar-refractivity contribution is 5.76. The van der Waals surface area contributed by atoms with Crippen LogP contribution in [0.25, 0.3) is 0 Å². The normalized spacial score (nSPS) is 13.5. The van der Waals surface area contributed by atoms with Gasteiger partial charge in [-0.3, -0.25) is 0 Å². The maximum absolute atomic E-state index is 11.8. The van der Waals surface area contributed by atoms with Crippen molar-refractivity contribution in [1.29, 1.82) is 0 Å². The summed E-state index contributed by atoms with van der Waals surface area (Å²) in [6.07, 6.45) is -0.868. The number of carbonyl (C=O) groups is 1. The average Bonchev–Trinajstić information content (AvgIpc) is 2.26. The molecular weight excluding hydrogens is 224 g/mol. The lowest BCUT2D eigenvalue weighted by Crippen LogP contribution is -2.51. The van der Waals surface area contributed by atoms with E-state index >= 15 is 0 Å². The first-order valence-corrected chi connectivity index (χ1v) is 6.11. The largest absolute Gasteiger partial charge is 0.464 e. The topological polar surface area (TPSA) is 54.0 Å². The molecule has 102 valence electrons. The molecule has 0 amide bonds. The molecule has 17 heavy (non-hydrogen) atoms. The first-order valence-electron chi connectivity index (χ1n) is 6.11. The third-order valence-corrected chi connectivity index (χ3v) is 2.17. The Labute approximate surface area is 103 Å². The second-order valence-electron chi connectivity index (χ2n) is 3.47. The van der Waals surface area contributed by atoms with E-state index in [0.717, 1.165) is 0 Å². The van der Waals surface area contributed by atoms with Crippen LogP contribution in [0, 0.1) is 0 Å². The van der Waals surface area contributed by atoms with Gasteiger partial charge >= 0.3 is 5.97 Å². The van der Waals surface area contributed by atoms with Gasteiger partial charge in [0.2, 0.25) is 11.9 Å². The van der Waals surface area contributed by atoms with Gasteiger partial charge in [0, 0.05) is 19.8 Å². The lowest BCUT2D eigenvalue weighted by molar-refractivity contribution is -0.277. The van der Waals surface area contributed by atoms with Crippen molar-refractivity contribution in [3.05, 3.63) is 0 Å². The standard InChI is InChI=1S/C12H24O5/c1-6-14-10(11(13)15-7-2)12(5,16-8-3)17-9-4/h10H,6-9H2,1-5H3. The molecule has 5 heteroatoms. The smallest absolute Gasteiger partial charge is 0.340 e. The van der Waals surface area contributed by atoms with E-state index in [4.69, 9.17) is 18.9 Å². The maximum Gasteiger partial charge on any atom is 0.340 e. The Morgan fingerprint density at radius 2 is 1.53 bits per heavy atom. The van der Waals surface area contributed by atoms with Crippen LogP contribution < -0.4 is 0 Å². The molecule has 0 rings (SSSR count). The summed E-state index contributed by atoms with van der Waals surface area (Å²) in [5.74, 6) is -1.56. The molecule has 0 saturated carbocycles. The first-order chi connectivity index (χ1) is 8.05. The van der Waals surface area contributed by atoms with E-state index in [-0.39, 0.29) is 0 Å². The zero-order valence-electron chi connectivity index (χ0n) is 11.4. The van der Waals surface area contributed by atoms with Crippen molar-refractivity contribution in [2.24, 2.45) is 0 Å². The summed E-state index contributed by atoms with van der Waals surface area (Å²) in [5.41, 5.74) is 0. The van der Waals surface area contributed by atoms with E-state index in [1.54, 1.807) is 13.8 Å². The highest BCUT2D eigenvalue weighted by atomic mass is 16.7. The molecule has 0 aromatic carbocycles. The molecule has 0 aromatic rings. The molecule has 5 nitrogen and oxygen atoms in total. The number of ether oxygens (including phenoxy) is 4. The Hall–Kier alpha value is -0.650. The fourth-order valence-electron chi connectivity index (χ4n) is 1.58. The minimum atomic E-state index is -1.11. The molecular formula is C12H24O5. The number of hydrogen-bond donors (Lipinski definition) is 0. The summed E-state index contributed by atoms with van der Waals surface area (Å²) in [6, 6.07) is 0. The third-order valence-electron chi connectivity index (χ3n) is 2.17. The molecule has 0 aliphatic rings. The van der Waals surface area contributed by atoms with Crippen LogP contribution in [0.4, 0.5) is 0 Å². The molecule has 0 saturated heterocycles. The van der Waals surface area contributed by atoms with Crippen molar-refractivity contribution in [1.82, 2.24) is 0 Å². The average molecular weight is 248 g/mol. The van der Waals surface area contributed by atoms with Crippen LogP contribution in [0.5, 0.6) is 0 Å². The van der Waals surface area contributed by atoms with Gasteiger partial charge in [-0.25, -0.2) is 4.79 Å². The third kappa shape index (κ3) is 5.02. The number of rotatable bonds is 9. The van der Waals surface area contributed by atoms with Gasteiger partial charge in [0.15, 0.2) is 0 Å². The summed E-state index contributed by atoms with van der Waals surface area (Å²) in [6.45, 7) is 10.5. The van der Waals surface area contributed by atoms with E-state index in [1.165, 1.54) is 0 Å². The van der Waals surface area contributed by atoms with Crippen molar-refractivity contribution in [3.8, 4) is 0 Å². The second kappa shape index (κ2) is 8.44. The first kappa shape index (κ1) is 16.4. The summed E-state index contributed by atoms with van der Waals surface area (Å²) in [4.78, 5) is 11.8. The zero-order valence-corrected chi connectivity index (χ0v) is 11.4. The van der Waals surface area contributed by atoms with Crippen LogP contribution in [0.1, 0.15) is 34.6 Å². The summed E-state index contributed by atoms with van der Waals surface area (Å²) >= 11 is 0. The van der Waals surface area contributed by atoms with Crippen molar-refractivity contribution in [3.63, 3.8) is 0 Å². The Morgan fingerprint density at radius 3 is 1.88 bits per heavy atom. The van der Waals surface area contributed by atoms with E-state index in [1.807, 2.05) is 20.8 Å². The zero-order chi connectivity index (χ0) is 13.3. The molecule has 0 spiro atoms. The molecule has 0 N–H and O–H groups in total. The Bertz CT molecular complexity index is 211. The molecule has 1 unspecified atom stereocenters. The van der Waals surface area contributed by atoms with Crippen LogP contribution >= 0.6 is 0 Å². The number of hydrogen-bond acceptors (Lipinski definition) is 5. The fourth-order valence-corrected chi connectivity index (χ4v) is 1.58. The summed E-state index contributed by atoms with van der Waals surface area (Å²) in [7, 11) is 0. The fraction of sp³-hybridized carbons (Fsp3) is 0.917. The van der Waals surface area contributed by atoms with Gasteiger partial charge in [-0.15, -0.1) is 0 Å².